The smallest absolute Gasteiger partial charge is 0.145 e. The number of hydrogen-bond acceptors (Lipinski definition) is 1. The fraction of sp³-hybridized carbons (Fsp3) is 0. The van der Waals surface area contributed by atoms with Crippen molar-refractivity contribution in [3.63, 3.8) is 0 Å². The van der Waals surface area contributed by atoms with Gasteiger partial charge in [0.05, 0.1) is 27.7 Å². The van der Waals surface area contributed by atoms with Gasteiger partial charge in [-0.05, 0) is 34.0 Å². The lowest BCUT2D eigenvalue weighted by atomic mass is 9.90. The highest BCUT2D eigenvalue weighted by molar-refractivity contribution is 6.18. The first-order chi connectivity index (χ1) is 20.7. The van der Waals surface area contributed by atoms with Crippen LogP contribution in [0.2, 0.25) is 0 Å². The van der Waals surface area contributed by atoms with Crippen LogP contribution in [0.3, 0.4) is 0 Å². The van der Waals surface area contributed by atoms with Crippen LogP contribution in [0.4, 0.5) is 0 Å². The topological polar surface area (TPSA) is 17.8 Å². The summed E-state index contributed by atoms with van der Waals surface area (Å²) in [7, 11) is 0. The highest BCUT2D eigenvalue weighted by atomic mass is 15.1. The average Bonchev–Trinajstić information content (AvgIpc) is 3.43. The molecule has 7 aromatic rings. The van der Waals surface area contributed by atoms with Crippen molar-refractivity contribution < 1.29 is 11.0 Å². The molecule has 0 fully saturated rings. The number of nitrogens with zero attached hydrogens (tertiary/aromatic N) is 2. The van der Waals surface area contributed by atoms with Crippen molar-refractivity contribution in [2.24, 2.45) is 0 Å². The number of benzene rings is 6. The molecule has 0 aliphatic heterocycles. The number of para-hydroxylation sites is 2. The molecule has 1 heterocycles. The van der Waals surface area contributed by atoms with E-state index in [1.807, 2.05) is 60.7 Å². The maximum Gasteiger partial charge on any atom is 0.145 e. The van der Waals surface area contributed by atoms with Crippen LogP contribution in [-0.2, 0) is 0 Å². The SMILES string of the molecule is [2H]c1c([2H])c([2H])c2c(-n3c(-c4ccccc4)nc4ccccc43)c3c([2H])c([2H])c([2H])c([2H])c3c(-c3ccccc3)c2c1[2H]. The molecular weight excluding hydrogens is 424 g/mol. The molecule has 0 aliphatic carbocycles. The molecule has 6 aromatic carbocycles. The molecule has 0 N–H and O–H groups in total. The molecule has 0 saturated carbocycles. The lowest BCUT2D eigenvalue weighted by molar-refractivity contribution is 1.13. The van der Waals surface area contributed by atoms with Crippen molar-refractivity contribution in [2.75, 3.05) is 0 Å². The van der Waals surface area contributed by atoms with Crippen molar-refractivity contribution in [1.82, 2.24) is 9.55 Å². The Bertz CT molecular complexity index is 2180. The highest BCUT2D eigenvalue weighted by Gasteiger charge is 2.21. The number of aromatic nitrogens is 2. The zero-order valence-corrected chi connectivity index (χ0v) is 18.5. The number of fused-ring (bicyclic) bond motifs is 3. The lowest BCUT2D eigenvalue weighted by Crippen LogP contribution is -2.01. The first-order valence-corrected chi connectivity index (χ1v) is 11.3. The summed E-state index contributed by atoms with van der Waals surface area (Å²) in [6.45, 7) is 0. The van der Waals surface area contributed by atoms with Crippen LogP contribution >= 0.6 is 0 Å². The zero-order valence-electron chi connectivity index (χ0n) is 26.5. The van der Waals surface area contributed by atoms with E-state index in [4.69, 9.17) is 13.2 Å². The third-order valence-electron chi connectivity index (χ3n) is 6.23. The lowest BCUT2D eigenvalue weighted by Gasteiger charge is -2.20. The van der Waals surface area contributed by atoms with E-state index in [9.17, 15) is 2.74 Å². The predicted molar refractivity (Wildman–Crippen MR) is 147 cm³/mol. The van der Waals surface area contributed by atoms with Crippen molar-refractivity contribution in [2.45, 2.75) is 0 Å². The number of hydrogen-bond donors (Lipinski definition) is 0. The third kappa shape index (κ3) is 3.08. The summed E-state index contributed by atoms with van der Waals surface area (Å²) < 4.78 is 72.9. The summed E-state index contributed by atoms with van der Waals surface area (Å²) in [6.07, 6.45) is 0. The summed E-state index contributed by atoms with van der Waals surface area (Å²) in [5.74, 6) is 0.469. The molecule has 0 bridgehead atoms. The Morgan fingerprint density at radius 2 is 1.06 bits per heavy atom. The van der Waals surface area contributed by atoms with Gasteiger partial charge in [-0.1, -0.05) is 121 Å². The van der Waals surface area contributed by atoms with Crippen LogP contribution in [-0.4, -0.2) is 9.55 Å². The van der Waals surface area contributed by atoms with Crippen molar-refractivity contribution in [3.8, 4) is 28.2 Å². The van der Waals surface area contributed by atoms with Gasteiger partial charge < -0.3 is 0 Å². The Labute approximate surface area is 215 Å². The van der Waals surface area contributed by atoms with Crippen LogP contribution in [0, 0.1) is 0 Å². The normalized spacial score (nSPS) is 14.6. The van der Waals surface area contributed by atoms with Crippen LogP contribution in [0.1, 0.15) is 11.0 Å². The molecule has 2 heteroatoms. The molecule has 0 spiro atoms. The van der Waals surface area contributed by atoms with Crippen LogP contribution < -0.4 is 0 Å². The predicted octanol–water partition coefficient (Wildman–Crippen LogP) is 8.67. The van der Waals surface area contributed by atoms with Gasteiger partial charge in [0, 0.05) is 16.3 Å². The highest BCUT2D eigenvalue weighted by Crippen LogP contribution is 2.43. The summed E-state index contributed by atoms with van der Waals surface area (Å²) >= 11 is 0. The summed E-state index contributed by atoms with van der Waals surface area (Å²) in [4.78, 5) is 4.92. The van der Waals surface area contributed by atoms with Gasteiger partial charge >= 0.3 is 0 Å². The molecule has 0 saturated heterocycles. The Hall–Kier alpha value is -4.69. The van der Waals surface area contributed by atoms with Gasteiger partial charge in [0.15, 0.2) is 0 Å². The second-order valence-corrected chi connectivity index (χ2v) is 8.22. The maximum atomic E-state index is 9.19. The van der Waals surface area contributed by atoms with Crippen LogP contribution in [0.15, 0.2) is 133 Å². The molecule has 0 unspecified atom stereocenters. The Balaban J connectivity index is 1.88. The molecule has 1 aromatic heterocycles. The van der Waals surface area contributed by atoms with Crippen LogP contribution in [0.5, 0.6) is 0 Å². The first-order valence-electron chi connectivity index (χ1n) is 15.3. The van der Waals surface area contributed by atoms with E-state index in [0.717, 1.165) is 5.56 Å². The van der Waals surface area contributed by atoms with Crippen LogP contribution in [0.25, 0.3) is 60.8 Å². The molecule has 0 atom stereocenters. The molecule has 7 rings (SSSR count). The summed E-state index contributed by atoms with van der Waals surface area (Å²) in [5.41, 5.74) is 3.08. The minimum absolute atomic E-state index is 0.141. The monoisotopic (exact) mass is 454 g/mol. The maximum absolute atomic E-state index is 9.19. The van der Waals surface area contributed by atoms with Gasteiger partial charge in [0.2, 0.25) is 0 Å². The Morgan fingerprint density at radius 1 is 0.543 bits per heavy atom. The fourth-order valence-corrected chi connectivity index (χ4v) is 4.76. The fourth-order valence-electron chi connectivity index (χ4n) is 4.76. The minimum atomic E-state index is -0.441. The first kappa shape index (κ1) is 13.3. The number of rotatable bonds is 3. The summed E-state index contributed by atoms with van der Waals surface area (Å²) in [5, 5.41) is 0.619. The van der Waals surface area contributed by atoms with E-state index >= 15 is 0 Å². The Morgan fingerprint density at radius 3 is 1.69 bits per heavy atom. The second-order valence-electron chi connectivity index (χ2n) is 8.22. The second kappa shape index (κ2) is 7.96. The van der Waals surface area contributed by atoms with E-state index in [2.05, 4.69) is 0 Å². The standard InChI is InChI=1S/C33H22N2/c1-3-13-23(14-4-1)31-25-17-7-9-19-27(25)32(28-20-10-8-18-26(28)31)35-30-22-12-11-21-29(30)34-33(35)24-15-5-2-6-16-24/h1-22H/i7D,8D,9D,10D,17D,18D,19D,20D. The van der Waals surface area contributed by atoms with Crippen molar-refractivity contribution in [3.05, 3.63) is 133 Å². The van der Waals surface area contributed by atoms with E-state index in [1.165, 1.54) is 0 Å². The van der Waals surface area contributed by atoms with E-state index in [-0.39, 0.29) is 51.4 Å². The molecular formula is C33H22N2. The van der Waals surface area contributed by atoms with Gasteiger partial charge in [-0.15, -0.1) is 0 Å². The molecule has 0 radical (unpaired) electrons. The molecule has 164 valence electrons. The number of imidazole rings is 1. The third-order valence-corrected chi connectivity index (χ3v) is 6.23. The minimum Gasteiger partial charge on any atom is -0.291 e. The van der Waals surface area contributed by atoms with E-state index < -0.39 is 24.2 Å². The average molecular weight is 455 g/mol. The van der Waals surface area contributed by atoms with Gasteiger partial charge in [-0.2, -0.15) is 0 Å². The van der Waals surface area contributed by atoms with Gasteiger partial charge in [0.25, 0.3) is 0 Å². The van der Waals surface area contributed by atoms with Gasteiger partial charge in [0.1, 0.15) is 5.82 Å². The van der Waals surface area contributed by atoms with Gasteiger partial charge in [-0.3, -0.25) is 4.57 Å². The largest absolute Gasteiger partial charge is 0.291 e. The van der Waals surface area contributed by atoms with Gasteiger partial charge in [-0.25, -0.2) is 4.98 Å². The van der Waals surface area contributed by atoms with Crippen molar-refractivity contribution in [1.29, 1.82) is 0 Å². The molecule has 0 amide bonds. The summed E-state index contributed by atoms with van der Waals surface area (Å²) in [6, 6.07) is 22.7. The van der Waals surface area contributed by atoms with E-state index in [0.29, 0.717) is 28.0 Å². The molecule has 2 nitrogen and oxygen atoms in total. The van der Waals surface area contributed by atoms with E-state index in [1.54, 1.807) is 28.8 Å². The van der Waals surface area contributed by atoms with Crippen molar-refractivity contribution >= 4 is 32.6 Å². The molecule has 0 aliphatic rings. The Kier molecular flexibility index (Phi) is 3.02. The zero-order chi connectivity index (χ0) is 30.2. The molecule has 35 heavy (non-hydrogen) atoms. The quantitative estimate of drug-likeness (QED) is 0.244.